The monoisotopic (exact) mass is 277 g/mol. The fraction of sp³-hybridized carbons (Fsp3) is 0.562. The van der Waals surface area contributed by atoms with Gasteiger partial charge in [-0.1, -0.05) is 44.0 Å². The van der Waals surface area contributed by atoms with Crippen molar-refractivity contribution >= 4 is 5.91 Å². The molecular formula is C16H23NO3. The Labute approximate surface area is 120 Å². The molecule has 4 nitrogen and oxygen atoms in total. The molecule has 1 amide bonds. The van der Waals surface area contributed by atoms with Crippen LogP contribution in [0.2, 0.25) is 0 Å². The topological polar surface area (TPSA) is 58.6 Å². The van der Waals surface area contributed by atoms with Crippen LogP contribution in [0.15, 0.2) is 24.3 Å². The van der Waals surface area contributed by atoms with E-state index in [1.807, 2.05) is 24.3 Å². The number of amides is 1. The minimum absolute atomic E-state index is 0.0646. The Bertz CT molecular complexity index is 447. The van der Waals surface area contributed by atoms with Crippen LogP contribution in [-0.2, 0) is 16.0 Å². The fourth-order valence-corrected chi connectivity index (χ4v) is 2.58. The summed E-state index contributed by atoms with van der Waals surface area (Å²) >= 11 is 0. The van der Waals surface area contributed by atoms with Gasteiger partial charge in [0.2, 0.25) is 5.91 Å². The van der Waals surface area contributed by atoms with Crippen LogP contribution in [0.4, 0.5) is 0 Å². The van der Waals surface area contributed by atoms with E-state index in [0.717, 1.165) is 30.4 Å². The van der Waals surface area contributed by atoms with Gasteiger partial charge in [-0.25, -0.2) is 0 Å². The number of aliphatic hydroxyl groups excluding tert-OH is 1. The number of hydrogen-bond donors (Lipinski definition) is 2. The molecular weight excluding hydrogens is 254 g/mol. The van der Waals surface area contributed by atoms with Crippen molar-refractivity contribution in [2.45, 2.75) is 44.8 Å². The summed E-state index contributed by atoms with van der Waals surface area (Å²) in [6, 6.07) is 7.52. The van der Waals surface area contributed by atoms with E-state index in [0.29, 0.717) is 13.0 Å². The van der Waals surface area contributed by atoms with Gasteiger partial charge >= 0.3 is 0 Å². The molecule has 0 saturated heterocycles. The maximum atomic E-state index is 11.8. The highest BCUT2D eigenvalue weighted by atomic mass is 16.5. The number of carbonyl (C=O) groups is 1. The van der Waals surface area contributed by atoms with E-state index in [2.05, 4.69) is 12.2 Å². The Morgan fingerprint density at radius 2 is 2.20 bits per heavy atom. The molecule has 0 bridgehead atoms. The lowest BCUT2D eigenvalue weighted by Gasteiger charge is -2.18. The molecule has 0 spiro atoms. The highest BCUT2D eigenvalue weighted by molar-refractivity contribution is 5.78. The van der Waals surface area contributed by atoms with Gasteiger partial charge in [0, 0.05) is 13.0 Å². The Morgan fingerprint density at radius 1 is 1.40 bits per heavy atom. The summed E-state index contributed by atoms with van der Waals surface area (Å²) in [5, 5.41) is 12.9. The van der Waals surface area contributed by atoms with Crippen molar-refractivity contribution in [2.24, 2.45) is 0 Å². The van der Waals surface area contributed by atoms with E-state index in [4.69, 9.17) is 4.74 Å². The van der Waals surface area contributed by atoms with Gasteiger partial charge in [-0.3, -0.25) is 4.79 Å². The van der Waals surface area contributed by atoms with E-state index < -0.39 is 6.10 Å². The van der Waals surface area contributed by atoms with Gasteiger partial charge in [0.15, 0.2) is 0 Å². The molecule has 0 fully saturated rings. The molecule has 0 aliphatic heterocycles. The normalized spacial score (nSPS) is 20.7. The van der Waals surface area contributed by atoms with Gasteiger partial charge in [0.25, 0.3) is 0 Å². The Kier molecular flexibility index (Phi) is 5.56. The zero-order chi connectivity index (χ0) is 14.4. The van der Waals surface area contributed by atoms with Crippen molar-refractivity contribution in [2.75, 3.05) is 13.2 Å². The molecule has 4 heteroatoms. The number of nitrogens with one attached hydrogen (secondary N) is 1. The maximum Gasteiger partial charge on any atom is 0.246 e. The number of ether oxygens (including phenoxy) is 1. The summed E-state index contributed by atoms with van der Waals surface area (Å²) in [6.45, 7) is 2.81. The first-order chi connectivity index (χ1) is 9.72. The van der Waals surface area contributed by atoms with E-state index >= 15 is 0 Å². The molecule has 0 aromatic heterocycles. The van der Waals surface area contributed by atoms with Crippen LogP contribution in [0.25, 0.3) is 0 Å². The van der Waals surface area contributed by atoms with Crippen LogP contribution in [-0.4, -0.2) is 30.3 Å². The first-order valence-corrected chi connectivity index (χ1v) is 7.35. The SMILES string of the molecule is CCCCCOCC(=O)N[C@H]1c2ccccc2C[C@@H]1O. The first kappa shape index (κ1) is 15.0. The average molecular weight is 277 g/mol. The minimum atomic E-state index is -0.545. The van der Waals surface area contributed by atoms with Crippen LogP contribution in [0.5, 0.6) is 0 Å². The Hall–Kier alpha value is -1.39. The van der Waals surface area contributed by atoms with Crippen molar-refractivity contribution in [1.29, 1.82) is 0 Å². The predicted octanol–water partition coefficient (Wildman–Crippen LogP) is 1.97. The second-order valence-electron chi connectivity index (χ2n) is 5.28. The molecule has 1 aliphatic carbocycles. The Morgan fingerprint density at radius 3 is 3.00 bits per heavy atom. The van der Waals surface area contributed by atoms with Gasteiger partial charge in [0.05, 0.1) is 12.1 Å². The quantitative estimate of drug-likeness (QED) is 0.749. The molecule has 20 heavy (non-hydrogen) atoms. The Balaban J connectivity index is 1.80. The van der Waals surface area contributed by atoms with Crippen LogP contribution in [0, 0.1) is 0 Å². The zero-order valence-corrected chi connectivity index (χ0v) is 12.0. The highest BCUT2D eigenvalue weighted by Crippen LogP contribution is 2.30. The van der Waals surface area contributed by atoms with Gasteiger partial charge in [-0.2, -0.15) is 0 Å². The number of unbranched alkanes of at least 4 members (excludes halogenated alkanes) is 2. The van der Waals surface area contributed by atoms with Gasteiger partial charge in [-0.15, -0.1) is 0 Å². The fourth-order valence-electron chi connectivity index (χ4n) is 2.58. The van der Waals surface area contributed by atoms with E-state index in [-0.39, 0.29) is 18.6 Å². The second kappa shape index (κ2) is 7.41. The summed E-state index contributed by atoms with van der Waals surface area (Å²) in [5.41, 5.74) is 2.12. The van der Waals surface area contributed by atoms with Crippen LogP contribution >= 0.6 is 0 Å². The van der Waals surface area contributed by atoms with E-state index in [9.17, 15) is 9.90 Å². The number of benzene rings is 1. The summed E-state index contributed by atoms with van der Waals surface area (Å²) in [5.74, 6) is -0.165. The smallest absolute Gasteiger partial charge is 0.246 e. The minimum Gasteiger partial charge on any atom is -0.390 e. The molecule has 110 valence electrons. The lowest BCUT2D eigenvalue weighted by atomic mass is 10.1. The van der Waals surface area contributed by atoms with Crippen molar-refractivity contribution in [3.8, 4) is 0 Å². The molecule has 0 heterocycles. The molecule has 1 aliphatic rings. The van der Waals surface area contributed by atoms with Crippen molar-refractivity contribution < 1.29 is 14.6 Å². The number of rotatable bonds is 7. The molecule has 2 N–H and O–H groups in total. The standard InChI is InChI=1S/C16H23NO3/c1-2-3-6-9-20-11-15(19)17-16-13-8-5-4-7-12(13)10-14(16)18/h4-5,7-8,14,16,18H,2-3,6,9-11H2,1H3,(H,17,19)/t14-,16-/m0/s1. The summed E-state index contributed by atoms with van der Waals surface area (Å²) in [7, 11) is 0. The predicted molar refractivity (Wildman–Crippen MR) is 77.4 cm³/mol. The largest absolute Gasteiger partial charge is 0.390 e. The van der Waals surface area contributed by atoms with Crippen molar-refractivity contribution in [1.82, 2.24) is 5.32 Å². The molecule has 0 unspecified atom stereocenters. The van der Waals surface area contributed by atoms with Crippen LogP contribution in [0.1, 0.15) is 43.4 Å². The average Bonchev–Trinajstić information content (AvgIpc) is 2.75. The summed E-state index contributed by atoms with van der Waals surface area (Å²) < 4.78 is 5.34. The maximum absolute atomic E-state index is 11.8. The number of carbonyl (C=O) groups excluding carboxylic acids is 1. The zero-order valence-electron chi connectivity index (χ0n) is 12.0. The third kappa shape index (κ3) is 3.81. The molecule has 1 aromatic carbocycles. The van der Waals surface area contributed by atoms with E-state index in [1.54, 1.807) is 0 Å². The van der Waals surface area contributed by atoms with Crippen molar-refractivity contribution in [3.63, 3.8) is 0 Å². The third-order valence-electron chi connectivity index (χ3n) is 3.65. The highest BCUT2D eigenvalue weighted by Gasteiger charge is 2.31. The molecule has 0 radical (unpaired) electrons. The number of fused-ring (bicyclic) bond motifs is 1. The van der Waals surface area contributed by atoms with Gasteiger partial charge < -0.3 is 15.2 Å². The lowest BCUT2D eigenvalue weighted by Crippen LogP contribution is -2.36. The van der Waals surface area contributed by atoms with Crippen molar-refractivity contribution in [3.05, 3.63) is 35.4 Å². The van der Waals surface area contributed by atoms with Gasteiger partial charge in [-0.05, 0) is 17.5 Å². The lowest BCUT2D eigenvalue weighted by molar-refractivity contribution is -0.127. The summed E-state index contributed by atoms with van der Waals surface area (Å²) in [6.07, 6.45) is 3.30. The van der Waals surface area contributed by atoms with Gasteiger partial charge in [0.1, 0.15) is 6.61 Å². The third-order valence-corrected chi connectivity index (χ3v) is 3.65. The van der Waals surface area contributed by atoms with E-state index in [1.165, 1.54) is 0 Å². The summed E-state index contributed by atoms with van der Waals surface area (Å²) in [4.78, 5) is 11.8. The molecule has 2 atom stereocenters. The van der Waals surface area contributed by atoms with Crippen LogP contribution in [0.3, 0.4) is 0 Å². The molecule has 2 rings (SSSR count). The molecule has 0 saturated carbocycles. The second-order valence-corrected chi connectivity index (χ2v) is 5.28. The first-order valence-electron chi connectivity index (χ1n) is 7.35. The number of hydrogen-bond acceptors (Lipinski definition) is 3. The van der Waals surface area contributed by atoms with Crippen LogP contribution < -0.4 is 5.32 Å². The number of aliphatic hydroxyl groups is 1. The molecule has 1 aromatic rings.